The van der Waals surface area contributed by atoms with Crippen LogP contribution in [0.5, 0.6) is 0 Å². The minimum atomic E-state index is 0.423. The SMILES string of the molecule is CCSCC(NC)c1cncc(C)c1. The highest BCUT2D eigenvalue weighted by molar-refractivity contribution is 7.99. The highest BCUT2D eigenvalue weighted by atomic mass is 32.2. The van der Waals surface area contributed by atoms with Crippen molar-refractivity contribution in [3.63, 3.8) is 0 Å². The van der Waals surface area contributed by atoms with E-state index in [-0.39, 0.29) is 0 Å². The molecular weight excluding hydrogens is 192 g/mol. The van der Waals surface area contributed by atoms with Gasteiger partial charge < -0.3 is 5.32 Å². The zero-order valence-electron chi connectivity index (χ0n) is 9.08. The Kier molecular flexibility index (Phi) is 4.98. The van der Waals surface area contributed by atoms with E-state index >= 15 is 0 Å². The van der Waals surface area contributed by atoms with Crippen molar-refractivity contribution >= 4 is 11.8 Å². The topological polar surface area (TPSA) is 24.9 Å². The van der Waals surface area contributed by atoms with Gasteiger partial charge in [0.2, 0.25) is 0 Å². The van der Waals surface area contributed by atoms with Gasteiger partial charge >= 0.3 is 0 Å². The quantitative estimate of drug-likeness (QED) is 0.808. The van der Waals surface area contributed by atoms with E-state index in [2.05, 4.69) is 30.2 Å². The van der Waals surface area contributed by atoms with Crippen LogP contribution in [0.15, 0.2) is 18.5 Å². The average Bonchev–Trinajstić information content (AvgIpc) is 2.19. The second-order valence-corrected chi connectivity index (χ2v) is 4.62. The molecule has 0 aromatic carbocycles. The molecule has 0 fully saturated rings. The number of nitrogens with zero attached hydrogens (tertiary/aromatic N) is 1. The van der Waals surface area contributed by atoms with Crippen LogP contribution < -0.4 is 5.32 Å². The highest BCUT2D eigenvalue weighted by Crippen LogP contribution is 2.17. The molecule has 3 heteroatoms. The first-order valence-corrected chi connectivity index (χ1v) is 6.10. The number of rotatable bonds is 5. The second kappa shape index (κ2) is 6.04. The van der Waals surface area contributed by atoms with Crippen molar-refractivity contribution in [2.45, 2.75) is 19.9 Å². The van der Waals surface area contributed by atoms with Gasteiger partial charge in [-0.3, -0.25) is 4.98 Å². The lowest BCUT2D eigenvalue weighted by Gasteiger charge is -2.15. The van der Waals surface area contributed by atoms with Crippen LogP contribution in [-0.4, -0.2) is 23.5 Å². The van der Waals surface area contributed by atoms with Crippen LogP contribution in [0.25, 0.3) is 0 Å². The summed E-state index contributed by atoms with van der Waals surface area (Å²) >= 11 is 1.95. The van der Waals surface area contributed by atoms with E-state index in [9.17, 15) is 0 Å². The monoisotopic (exact) mass is 210 g/mol. The molecule has 2 nitrogen and oxygen atoms in total. The third-order valence-corrected chi connectivity index (χ3v) is 3.11. The first-order valence-electron chi connectivity index (χ1n) is 4.94. The predicted octanol–water partition coefficient (Wildman–Crippen LogP) is 2.40. The van der Waals surface area contributed by atoms with E-state index in [1.165, 1.54) is 11.1 Å². The summed E-state index contributed by atoms with van der Waals surface area (Å²) in [4.78, 5) is 4.21. The molecular formula is C11H18N2S. The van der Waals surface area contributed by atoms with Gasteiger partial charge in [-0.25, -0.2) is 0 Å². The van der Waals surface area contributed by atoms with E-state index in [1.54, 1.807) is 0 Å². The maximum absolute atomic E-state index is 4.21. The smallest absolute Gasteiger partial charge is 0.0424 e. The van der Waals surface area contributed by atoms with Gasteiger partial charge in [0.15, 0.2) is 0 Å². The second-order valence-electron chi connectivity index (χ2n) is 3.30. The molecule has 0 bridgehead atoms. The van der Waals surface area contributed by atoms with Crippen molar-refractivity contribution in [3.8, 4) is 0 Å². The zero-order chi connectivity index (χ0) is 10.4. The molecule has 0 spiro atoms. The lowest BCUT2D eigenvalue weighted by Crippen LogP contribution is -2.19. The number of aryl methyl sites for hydroxylation is 1. The summed E-state index contributed by atoms with van der Waals surface area (Å²) in [6.07, 6.45) is 3.84. The van der Waals surface area contributed by atoms with Gasteiger partial charge in [-0.05, 0) is 30.9 Å². The molecule has 1 rings (SSSR count). The Bertz CT molecular complexity index is 276. The number of aromatic nitrogens is 1. The summed E-state index contributed by atoms with van der Waals surface area (Å²) in [7, 11) is 2.00. The van der Waals surface area contributed by atoms with Crippen molar-refractivity contribution in [3.05, 3.63) is 29.6 Å². The first-order chi connectivity index (χ1) is 6.77. The maximum atomic E-state index is 4.21. The van der Waals surface area contributed by atoms with Crippen LogP contribution >= 0.6 is 11.8 Å². The molecule has 1 heterocycles. The minimum absolute atomic E-state index is 0.423. The molecule has 0 radical (unpaired) electrons. The normalized spacial score (nSPS) is 12.8. The molecule has 1 aromatic heterocycles. The Morgan fingerprint density at radius 3 is 2.86 bits per heavy atom. The fourth-order valence-electron chi connectivity index (χ4n) is 1.35. The highest BCUT2D eigenvalue weighted by Gasteiger charge is 2.08. The molecule has 1 atom stereocenters. The van der Waals surface area contributed by atoms with E-state index < -0.39 is 0 Å². The molecule has 1 unspecified atom stereocenters. The summed E-state index contributed by atoms with van der Waals surface area (Å²) in [5, 5.41) is 3.32. The van der Waals surface area contributed by atoms with Crippen LogP contribution in [-0.2, 0) is 0 Å². The standard InChI is InChI=1S/C11H18N2S/c1-4-14-8-11(12-3)10-5-9(2)6-13-7-10/h5-7,11-12H,4,8H2,1-3H3. The first kappa shape index (κ1) is 11.5. The van der Waals surface area contributed by atoms with Gasteiger partial charge in [0.1, 0.15) is 0 Å². The van der Waals surface area contributed by atoms with Crippen molar-refractivity contribution in [1.29, 1.82) is 0 Å². The van der Waals surface area contributed by atoms with Crippen molar-refractivity contribution < 1.29 is 0 Å². The molecule has 0 aliphatic rings. The van der Waals surface area contributed by atoms with Crippen LogP contribution in [0.1, 0.15) is 24.1 Å². The van der Waals surface area contributed by atoms with E-state index in [4.69, 9.17) is 0 Å². The van der Waals surface area contributed by atoms with Crippen LogP contribution in [0.2, 0.25) is 0 Å². The number of nitrogens with one attached hydrogen (secondary N) is 1. The Morgan fingerprint density at radius 2 is 2.29 bits per heavy atom. The van der Waals surface area contributed by atoms with Gasteiger partial charge in [0.25, 0.3) is 0 Å². The Morgan fingerprint density at radius 1 is 1.50 bits per heavy atom. The van der Waals surface area contributed by atoms with Gasteiger partial charge in [-0.15, -0.1) is 0 Å². The third-order valence-electron chi connectivity index (χ3n) is 2.14. The number of thioether (sulfide) groups is 1. The summed E-state index contributed by atoms with van der Waals surface area (Å²) in [5.41, 5.74) is 2.51. The number of hydrogen-bond donors (Lipinski definition) is 1. The summed E-state index contributed by atoms with van der Waals surface area (Å²) in [5.74, 6) is 2.27. The van der Waals surface area contributed by atoms with Crippen molar-refractivity contribution in [2.24, 2.45) is 0 Å². The van der Waals surface area contributed by atoms with Gasteiger partial charge in [-0.2, -0.15) is 11.8 Å². The van der Waals surface area contributed by atoms with Crippen molar-refractivity contribution in [2.75, 3.05) is 18.6 Å². The maximum Gasteiger partial charge on any atom is 0.0424 e. The lowest BCUT2D eigenvalue weighted by atomic mass is 10.1. The third kappa shape index (κ3) is 3.31. The largest absolute Gasteiger partial charge is 0.312 e. The Hall–Kier alpha value is -0.540. The molecule has 14 heavy (non-hydrogen) atoms. The number of pyridine rings is 1. The lowest BCUT2D eigenvalue weighted by molar-refractivity contribution is 0.658. The van der Waals surface area contributed by atoms with Gasteiger partial charge in [0.05, 0.1) is 0 Å². The van der Waals surface area contributed by atoms with E-state index in [0.29, 0.717) is 6.04 Å². The Balaban J connectivity index is 2.68. The average molecular weight is 210 g/mol. The minimum Gasteiger partial charge on any atom is -0.312 e. The molecule has 1 aromatic rings. The molecule has 1 N–H and O–H groups in total. The van der Waals surface area contributed by atoms with Crippen molar-refractivity contribution in [1.82, 2.24) is 10.3 Å². The summed E-state index contributed by atoms with van der Waals surface area (Å²) < 4.78 is 0. The molecule has 0 saturated carbocycles. The predicted molar refractivity (Wildman–Crippen MR) is 63.8 cm³/mol. The van der Waals surface area contributed by atoms with E-state index in [1.807, 2.05) is 31.2 Å². The van der Waals surface area contributed by atoms with E-state index in [0.717, 1.165) is 11.5 Å². The fraction of sp³-hybridized carbons (Fsp3) is 0.545. The van der Waals surface area contributed by atoms with Crippen LogP contribution in [0.3, 0.4) is 0 Å². The Labute approximate surface area is 90.5 Å². The zero-order valence-corrected chi connectivity index (χ0v) is 9.90. The van der Waals surface area contributed by atoms with Crippen LogP contribution in [0.4, 0.5) is 0 Å². The molecule has 0 aliphatic carbocycles. The summed E-state index contributed by atoms with van der Waals surface area (Å²) in [6, 6.07) is 2.62. The molecule has 78 valence electrons. The molecule has 0 aliphatic heterocycles. The van der Waals surface area contributed by atoms with Gasteiger partial charge in [0, 0.05) is 24.2 Å². The number of hydrogen-bond acceptors (Lipinski definition) is 3. The van der Waals surface area contributed by atoms with Gasteiger partial charge in [-0.1, -0.05) is 13.0 Å². The molecule has 0 saturated heterocycles. The fourth-order valence-corrected chi connectivity index (χ4v) is 2.18. The molecule has 0 amide bonds. The van der Waals surface area contributed by atoms with Crippen LogP contribution in [0, 0.1) is 6.92 Å². The summed E-state index contributed by atoms with van der Waals surface area (Å²) in [6.45, 7) is 4.27.